The van der Waals surface area contributed by atoms with Crippen LogP contribution in [-0.4, -0.2) is 121 Å². The maximum atomic E-state index is 13.1. The number of aromatic nitrogens is 4. The van der Waals surface area contributed by atoms with Crippen molar-refractivity contribution in [3.8, 4) is 0 Å². The van der Waals surface area contributed by atoms with Gasteiger partial charge < -0.3 is 36.0 Å². The summed E-state index contributed by atoms with van der Waals surface area (Å²) < 4.78 is 6.63. The molecule has 15 nitrogen and oxygen atoms in total. The SMILES string of the molecule is CO[C@H]1CN(C(=O)[C@@H]2C[C@H](SC3=C(C(=O)O)N4C(=O)[C@H](C(C)NC(=O)Cn5cnnn5)[C@H]4[C@H]3C)CN2)C[C@@H]1N. The van der Waals surface area contributed by atoms with Gasteiger partial charge >= 0.3 is 5.97 Å². The molecular weight excluding hydrogens is 530 g/mol. The van der Waals surface area contributed by atoms with Crippen LogP contribution in [0.4, 0.5) is 0 Å². The van der Waals surface area contributed by atoms with Crippen LogP contribution in [0, 0.1) is 11.8 Å². The fourth-order valence-electron chi connectivity index (χ4n) is 6.10. The number of tetrazole rings is 1. The molecule has 212 valence electrons. The van der Waals surface area contributed by atoms with E-state index < -0.39 is 24.0 Å². The van der Waals surface area contributed by atoms with Gasteiger partial charge in [-0.25, -0.2) is 9.48 Å². The second-order valence-corrected chi connectivity index (χ2v) is 11.9. The fraction of sp³-hybridized carbons (Fsp3) is 0.696. The molecule has 4 aliphatic heterocycles. The third-order valence-electron chi connectivity index (χ3n) is 8.02. The van der Waals surface area contributed by atoms with Crippen LogP contribution in [-0.2, 0) is 30.5 Å². The number of carbonyl (C=O) groups is 4. The Balaban J connectivity index is 1.22. The van der Waals surface area contributed by atoms with Gasteiger partial charge in [-0.1, -0.05) is 6.92 Å². The lowest BCUT2D eigenvalue weighted by atomic mass is 9.78. The van der Waals surface area contributed by atoms with Crippen molar-refractivity contribution in [1.82, 2.24) is 40.6 Å². The zero-order valence-corrected chi connectivity index (χ0v) is 22.7. The van der Waals surface area contributed by atoms with E-state index in [1.807, 2.05) is 6.92 Å². The van der Waals surface area contributed by atoms with E-state index in [-0.39, 0.29) is 59.3 Å². The predicted octanol–water partition coefficient (Wildman–Crippen LogP) is -2.40. The molecule has 1 aromatic rings. The van der Waals surface area contributed by atoms with Crippen molar-refractivity contribution in [1.29, 1.82) is 0 Å². The van der Waals surface area contributed by atoms with Crippen LogP contribution < -0.4 is 16.4 Å². The molecule has 0 aromatic carbocycles. The zero-order valence-electron chi connectivity index (χ0n) is 21.9. The summed E-state index contributed by atoms with van der Waals surface area (Å²) in [7, 11) is 1.58. The van der Waals surface area contributed by atoms with Crippen LogP contribution in [0.3, 0.4) is 0 Å². The van der Waals surface area contributed by atoms with Gasteiger partial charge in [0.2, 0.25) is 17.7 Å². The number of hydrogen-bond acceptors (Lipinski definition) is 11. The van der Waals surface area contributed by atoms with E-state index in [2.05, 4.69) is 26.2 Å². The zero-order chi connectivity index (χ0) is 28.0. The van der Waals surface area contributed by atoms with Crippen LogP contribution in [0.2, 0.25) is 0 Å². The van der Waals surface area contributed by atoms with Gasteiger partial charge in [0.05, 0.1) is 30.1 Å². The average molecular weight is 564 g/mol. The lowest BCUT2D eigenvalue weighted by Crippen LogP contribution is -2.66. The number of ether oxygens (including phenoxy) is 1. The second-order valence-electron chi connectivity index (χ2n) is 10.5. The summed E-state index contributed by atoms with van der Waals surface area (Å²) in [5.41, 5.74) is 6.07. The molecule has 1 unspecified atom stereocenters. The number of amides is 3. The molecule has 5 heterocycles. The number of carboxylic acid groups (broad SMARTS) is 1. The smallest absolute Gasteiger partial charge is 0.353 e. The molecule has 4 aliphatic rings. The van der Waals surface area contributed by atoms with Gasteiger partial charge in [0.15, 0.2) is 0 Å². The van der Waals surface area contributed by atoms with Crippen LogP contribution in [0.15, 0.2) is 16.9 Å². The first kappa shape index (κ1) is 27.5. The summed E-state index contributed by atoms with van der Waals surface area (Å²) >= 11 is 1.42. The minimum absolute atomic E-state index is 0.00537. The molecule has 3 amide bonds. The lowest BCUT2D eigenvalue weighted by Gasteiger charge is -2.47. The minimum Gasteiger partial charge on any atom is -0.477 e. The molecule has 3 fully saturated rings. The predicted molar refractivity (Wildman–Crippen MR) is 137 cm³/mol. The monoisotopic (exact) mass is 563 g/mol. The molecule has 16 heteroatoms. The Morgan fingerprint density at radius 2 is 2.13 bits per heavy atom. The molecule has 3 saturated heterocycles. The molecule has 39 heavy (non-hydrogen) atoms. The molecule has 8 atom stereocenters. The molecule has 5 rings (SSSR count). The van der Waals surface area contributed by atoms with E-state index in [9.17, 15) is 24.3 Å². The van der Waals surface area contributed by atoms with Gasteiger partial charge in [0.1, 0.15) is 18.6 Å². The Morgan fingerprint density at radius 3 is 2.77 bits per heavy atom. The van der Waals surface area contributed by atoms with E-state index in [1.54, 1.807) is 18.9 Å². The molecular formula is C23H33N9O6S. The van der Waals surface area contributed by atoms with Gasteiger partial charge in [0, 0.05) is 48.9 Å². The number of aliphatic carboxylic acids is 1. The van der Waals surface area contributed by atoms with Gasteiger partial charge in [-0.3, -0.25) is 14.4 Å². The number of nitrogens with two attached hydrogens (primary N) is 1. The molecule has 0 bridgehead atoms. The van der Waals surface area contributed by atoms with Crippen molar-refractivity contribution < 1.29 is 29.0 Å². The van der Waals surface area contributed by atoms with Crippen molar-refractivity contribution in [3.63, 3.8) is 0 Å². The topological polar surface area (TPSA) is 198 Å². The van der Waals surface area contributed by atoms with Gasteiger partial charge in [-0.05, 0) is 23.8 Å². The lowest BCUT2D eigenvalue weighted by molar-refractivity contribution is -0.158. The Bertz CT molecular complexity index is 1180. The van der Waals surface area contributed by atoms with Gasteiger partial charge in [0.25, 0.3) is 0 Å². The molecule has 0 aliphatic carbocycles. The van der Waals surface area contributed by atoms with Crippen LogP contribution in [0.1, 0.15) is 20.3 Å². The highest BCUT2D eigenvalue weighted by molar-refractivity contribution is 8.03. The number of nitrogens with one attached hydrogen (secondary N) is 2. The summed E-state index contributed by atoms with van der Waals surface area (Å²) in [5.74, 6) is -2.68. The Hall–Kier alpha value is -3.08. The number of fused-ring (bicyclic) bond motifs is 1. The van der Waals surface area contributed by atoms with Crippen molar-refractivity contribution in [3.05, 3.63) is 16.9 Å². The van der Waals surface area contributed by atoms with Crippen LogP contribution in [0.5, 0.6) is 0 Å². The number of methoxy groups -OCH3 is 1. The third-order valence-corrected chi connectivity index (χ3v) is 9.53. The van der Waals surface area contributed by atoms with Crippen molar-refractivity contribution >= 4 is 35.5 Å². The molecule has 0 spiro atoms. The summed E-state index contributed by atoms with van der Waals surface area (Å²) in [6, 6.07) is -1.51. The number of nitrogens with zero attached hydrogens (tertiary/aromatic N) is 6. The highest BCUT2D eigenvalue weighted by Gasteiger charge is 2.60. The van der Waals surface area contributed by atoms with Crippen LogP contribution in [0.25, 0.3) is 0 Å². The standard InChI is InChI=1S/C23H33N9O6S/c1-10-18-17(11(2)27-16(33)8-31-9-26-28-29-31)22(35)32(18)19(23(36)37)20(10)39-12-4-14(25-5-12)21(34)30-6-13(24)15(7-30)38-3/h9-15,17-18,25H,4-8,24H2,1-3H3,(H,27,33)(H,36,37)/t10-,11?,12+,13+,14+,15+,17-,18-/m1/s1. The molecule has 5 N–H and O–H groups in total. The number of hydrogen-bond donors (Lipinski definition) is 4. The maximum absolute atomic E-state index is 13.1. The molecule has 0 saturated carbocycles. The highest BCUT2D eigenvalue weighted by Crippen LogP contribution is 2.51. The summed E-state index contributed by atoms with van der Waals surface area (Å²) in [6.45, 7) is 4.97. The van der Waals surface area contributed by atoms with E-state index in [0.717, 1.165) is 0 Å². The number of rotatable bonds is 9. The maximum Gasteiger partial charge on any atom is 0.353 e. The number of carbonyl (C=O) groups excluding carboxylic acids is 3. The van der Waals surface area contributed by atoms with E-state index in [4.69, 9.17) is 10.5 Å². The van der Waals surface area contributed by atoms with Crippen molar-refractivity contribution in [2.45, 2.75) is 62.3 Å². The Morgan fingerprint density at radius 1 is 1.36 bits per heavy atom. The number of thioether (sulfide) groups is 1. The normalized spacial score (nSPS) is 32.8. The van der Waals surface area contributed by atoms with Crippen LogP contribution >= 0.6 is 11.8 Å². The molecule has 0 radical (unpaired) electrons. The number of β-lactam (4-membered cyclic amide) rings is 1. The molecule has 1 aromatic heterocycles. The second kappa shape index (κ2) is 10.8. The summed E-state index contributed by atoms with van der Waals surface area (Å²) in [5, 5.41) is 26.7. The first-order valence-corrected chi connectivity index (χ1v) is 13.8. The Kier molecular flexibility index (Phi) is 7.63. The van der Waals surface area contributed by atoms with Crippen molar-refractivity contribution in [2.24, 2.45) is 17.6 Å². The number of carboxylic acids is 1. The fourth-order valence-corrected chi connectivity index (χ4v) is 7.57. The van der Waals surface area contributed by atoms with Crippen molar-refractivity contribution in [2.75, 3.05) is 26.7 Å². The van der Waals surface area contributed by atoms with E-state index in [0.29, 0.717) is 31.0 Å². The highest BCUT2D eigenvalue weighted by atomic mass is 32.2. The van der Waals surface area contributed by atoms with Gasteiger partial charge in [-0.2, -0.15) is 0 Å². The van der Waals surface area contributed by atoms with E-state index in [1.165, 1.54) is 27.7 Å². The van der Waals surface area contributed by atoms with E-state index >= 15 is 0 Å². The Labute approximate surface area is 228 Å². The number of likely N-dealkylation sites (tertiary alicyclic amines) is 1. The minimum atomic E-state index is -1.16. The first-order valence-electron chi connectivity index (χ1n) is 12.9. The third kappa shape index (κ3) is 5.01. The quantitative estimate of drug-likeness (QED) is 0.233. The average Bonchev–Trinajstić information content (AvgIpc) is 3.67. The van der Waals surface area contributed by atoms with Gasteiger partial charge in [-0.15, -0.1) is 16.9 Å². The largest absolute Gasteiger partial charge is 0.477 e. The first-order chi connectivity index (χ1) is 18.6. The summed E-state index contributed by atoms with van der Waals surface area (Å²) in [4.78, 5) is 54.6. The summed E-state index contributed by atoms with van der Waals surface area (Å²) in [6.07, 6.45) is 1.66.